The largest absolute Gasteiger partial charge is 0.461 e. The minimum atomic E-state index is -3.86. The second-order valence-electron chi connectivity index (χ2n) is 11.1. The van der Waals surface area contributed by atoms with Gasteiger partial charge in [-0.2, -0.15) is 0 Å². The predicted octanol–water partition coefficient (Wildman–Crippen LogP) is 10.8. The number of rotatable bonds is 24. The molecule has 0 amide bonds. The summed E-state index contributed by atoms with van der Waals surface area (Å²) in [6.45, 7) is 0.609. The molecule has 2 aromatic rings. The maximum Gasteiger partial charge on any atom is 0.409 e. The van der Waals surface area contributed by atoms with E-state index in [1.165, 1.54) is 64.2 Å². The lowest BCUT2D eigenvalue weighted by Gasteiger charge is -2.25. The third-order valence-electron chi connectivity index (χ3n) is 7.39. The summed E-state index contributed by atoms with van der Waals surface area (Å²) in [6.07, 6.45) is 18.9. The van der Waals surface area contributed by atoms with E-state index in [4.69, 9.17) is 20.5 Å². The Morgan fingerprint density at radius 2 is 1.20 bits per heavy atom. The molecule has 0 aliphatic heterocycles. The molecule has 0 heterocycles. The highest BCUT2D eigenvalue weighted by atomic mass is 35.7. The molecule has 0 aliphatic carbocycles. The van der Waals surface area contributed by atoms with Gasteiger partial charge in [0, 0.05) is 11.2 Å². The first-order chi connectivity index (χ1) is 19.9. The van der Waals surface area contributed by atoms with Crippen molar-refractivity contribution in [3.63, 3.8) is 0 Å². The number of carbonyl (C=O) groups excluding carboxylic acids is 1. The summed E-state index contributed by atoms with van der Waals surface area (Å²) in [6, 6.07) is 17.5. The number of esters is 1. The van der Waals surface area contributed by atoms with Crippen LogP contribution in [0.5, 0.6) is 5.75 Å². The predicted molar refractivity (Wildman–Crippen MR) is 173 cm³/mol. The van der Waals surface area contributed by atoms with Crippen molar-refractivity contribution in [3.8, 4) is 5.75 Å². The normalized spacial score (nSPS) is 13.6. The van der Waals surface area contributed by atoms with Crippen molar-refractivity contribution >= 4 is 24.1 Å². The van der Waals surface area contributed by atoms with Crippen LogP contribution in [0.15, 0.2) is 60.7 Å². The summed E-state index contributed by atoms with van der Waals surface area (Å²) in [5.41, 5.74) is 0.925. The molecule has 0 saturated carbocycles. The van der Waals surface area contributed by atoms with E-state index in [-0.39, 0.29) is 6.10 Å². The van der Waals surface area contributed by atoms with Crippen molar-refractivity contribution < 1.29 is 18.6 Å². The molecule has 1 N–H and O–H groups in total. The minimum Gasteiger partial charge on any atom is -0.461 e. The van der Waals surface area contributed by atoms with E-state index >= 15 is 0 Å². The average Bonchev–Trinajstić information content (AvgIpc) is 2.96. The van der Waals surface area contributed by atoms with Crippen molar-refractivity contribution in [2.24, 2.45) is 0 Å². The second kappa shape index (κ2) is 21.8. The Hall–Kier alpha value is -1.81. The third-order valence-corrected chi connectivity index (χ3v) is 8.95. The SMILES string of the molecule is CCCCCCCCCC(CCCCCCCCC)OC(=O)[C@H](Cc1ccccc1)NP(=O)(Cl)Oc1ccccc1. The van der Waals surface area contributed by atoms with Crippen molar-refractivity contribution in [3.05, 3.63) is 66.2 Å². The summed E-state index contributed by atoms with van der Waals surface area (Å²) >= 11 is 6.34. The number of benzene rings is 2. The average molecular weight is 606 g/mol. The molecule has 0 bridgehead atoms. The topological polar surface area (TPSA) is 64.6 Å². The lowest BCUT2D eigenvalue weighted by atomic mass is 10.0. The lowest BCUT2D eigenvalue weighted by molar-refractivity contribution is -0.152. The van der Waals surface area contributed by atoms with Gasteiger partial charge in [0.2, 0.25) is 0 Å². The number of para-hydroxylation sites is 1. The molecule has 2 aromatic carbocycles. The molecule has 0 fully saturated rings. The summed E-state index contributed by atoms with van der Waals surface area (Å²) < 4.78 is 24.9. The van der Waals surface area contributed by atoms with E-state index in [1.54, 1.807) is 24.3 Å². The van der Waals surface area contributed by atoms with Crippen LogP contribution in [-0.2, 0) is 20.5 Å². The molecular formula is C34H53ClNO4P. The van der Waals surface area contributed by atoms with E-state index in [1.807, 2.05) is 36.4 Å². The fourth-order valence-corrected chi connectivity index (χ4v) is 6.63. The Kier molecular flexibility index (Phi) is 18.8. The van der Waals surface area contributed by atoms with Crippen LogP contribution in [-0.4, -0.2) is 18.1 Å². The van der Waals surface area contributed by atoms with E-state index < -0.39 is 18.9 Å². The molecule has 41 heavy (non-hydrogen) atoms. The highest BCUT2D eigenvalue weighted by Crippen LogP contribution is 2.48. The van der Waals surface area contributed by atoms with Gasteiger partial charge in [0.25, 0.3) is 0 Å². The van der Waals surface area contributed by atoms with E-state index in [0.717, 1.165) is 44.1 Å². The Bertz CT molecular complexity index is 957. The lowest BCUT2D eigenvalue weighted by Crippen LogP contribution is -2.39. The molecule has 0 spiro atoms. The van der Waals surface area contributed by atoms with Gasteiger partial charge < -0.3 is 9.26 Å². The molecule has 7 heteroatoms. The van der Waals surface area contributed by atoms with Gasteiger partial charge in [-0.15, -0.1) is 0 Å². The third kappa shape index (κ3) is 17.0. The Balaban J connectivity index is 2.02. The maximum atomic E-state index is 13.6. The van der Waals surface area contributed by atoms with E-state index in [2.05, 4.69) is 18.9 Å². The number of hydrogen-bond acceptors (Lipinski definition) is 4. The summed E-state index contributed by atoms with van der Waals surface area (Å²) in [7, 11) is 0. The molecule has 0 radical (unpaired) electrons. The number of halogens is 1. The number of unbranched alkanes of at least 4 members (excludes halogenated alkanes) is 12. The van der Waals surface area contributed by atoms with Crippen LogP contribution in [0.4, 0.5) is 0 Å². The molecule has 0 aromatic heterocycles. The zero-order chi connectivity index (χ0) is 29.6. The molecule has 0 saturated heterocycles. The Morgan fingerprint density at radius 1 is 0.732 bits per heavy atom. The smallest absolute Gasteiger partial charge is 0.409 e. The first-order valence-electron chi connectivity index (χ1n) is 16.0. The van der Waals surface area contributed by atoms with Crippen LogP contribution in [0, 0.1) is 0 Å². The first-order valence-corrected chi connectivity index (χ1v) is 18.5. The van der Waals surface area contributed by atoms with Crippen LogP contribution < -0.4 is 9.61 Å². The van der Waals surface area contributed by atoms with Crippen LogP contribution in [0.1, 0.15) is 122 Å². The Labute approximate surface area is 254 Å². The van der Waals surface area contributed by atoms with Gasteiger partial charge in [0.05, 0.1) is 0 Å². The van der Waals surface area contributed by atoms with Gasteiger partial charge in [-0.05, 0) is 49.8 Å². The molecule has 0 aliphatic rings. The Morgan fingerprint density at radius 3 is 1.71 bits per heavy atom. The van der Waals surface area contributed by atoms with Gasteiger partial charge in [0.1, 0.15) is 17.9 Å². The van der Waals surface area contributed by atoms with E-state index in [0.29, 0.717) is 12.2 Å². The molecule has 5 nitrogen and oxygen atoms in total. The summed E-state index contributed by atoms with van der Waals surface area (Å²) in [5, 5.41) is 2.81. The van der Waals surface area contributed by atoms with Crippen LogP contribution in [0.3, 0.4) is 0 Å². The van der Waals surface area contributed by atoms with Gasteiger partial charge >= 0.3 is 12.8 Å². The van der Waals surface area contributed by atoms with Crippen molar-refractivity contribution in [2.75, 3.05) is 0 Å². The standard InChI is InChI=1S/C34H53ClNO4P/c1-3-5-7-9-11-13-19-25-31(26-20-14-12-10-8-6-4-2)39-34(37)33(29-30-23-17-15-18-24-30)36-41(35,38)40-32-27-21-16-22-28-32/h15-18,21-24,27-28,31,33H,3-14,19-20,25-26,29H2,1-2H3,(H,36,38)/t33-,41?/m0/s1. The molecule has 230 valence electrons. The maximum absolute atomic E-state index is 13.6. The quantitative estimate of drug-likeness (QED) is 0.0732. The van der Waals surface area contributed by atoms with Gasteiger partial charge in [-0.1, -0.05) is 139 Å². The van der Waals surface area contributed by atoms with Crippen molar-refractivity contribution in [2.45, 2.75) is 135 Å². The molecule has 1 unspecified atom stereocenters. The fraction of sp³-hybridized carbons (Fsp3) is 0.618. The minimum absolute atomic E-state index is 0.154. The second-order valence-corrected chi connectivity index (χ2v) is 13.9. The van der Waals surface area contributed by atoms with Gasteiger partial charge in [0.15, 0.2) is 0 Å². The van der Waals surface area contributed by atoms with Gasteiger partial charge in [-0.25, -0.2) is 9.65 Å². The van der Waals surface area contributed by atoms with E-state index in [9.17, 15) is 9.36 Å². The number of ether oxygens (including phenoxy) is 1. The zero-order valence-corrected chi connectivity index (χ0v) is 27.1. The number of hydrogen-bond donors (Lipinski definition) is 1. The molecular weight excluding hydrogens is 553 g/mol. The van der Waals surface area contributed by atoms with Crippen molar-refractivity contribution in [1.82, 2.24) is 5.09 Å². The van der Waals surface area contributed by atoms with Gasteiger partial charge in [-0.3, -0.25) is 4.79 Å². The highest BCUT2D eigenvalue weighted by molar-refractivity contribution is 7.84. The highest BCUT2D eigenvalue weighted by Gasteiger charge is 2.32. The fourth-order valence-electron chi connectivity index (χ4n) is 5.03. The van der Waals surface area contributed by atoms with Crippen LogP contribution in [0.2, 0.25) is 0 Å². The van der Waals surface area contributed by atoms with Crippen LogP contribution >= 0.6 is 18.1 Å². The van der Waals surface area contributed by atoms with Crippen LogP contribution in [0.25, 0.3) is 0 Å². The summed E-state index contributed by atoms with van der Waals surface area (Å²) in [5.74, 6) is -0.0526. The number of nitrogens with one attached hydrogen (secondary N) is 1. The number of carbonyl (C=O) groups is 1. The molecule has 2 atom stereocenters. The van der Waals surface area contributed by atoms with Crippen molar-refractivity contribution in [1.29, 1.82) is 0 Å². The monoisotopic (exact) mass is 605 g/mol. The molecule has 2 rings (SSSR count). The first kappa shape index (κ1) is 35.4. The zero-order valence-electron chi connectivity index (χ0n) is 25.4. The summed E-state index contributed by atoms with van der Waals surface area (Å²) in [4.78, 5) is 13.6.